The Morgan fingerprint density at radius 1 is 0.963 bits per heavy atom. The Hall–Kier alpha value is -2.21. The van der Waals surface area contributed by atoms with E-state index in [1.54, 1.807) is 6.07 Å². The first-order valence-electron chi connectivity index (χ1n) is 7.94. The number of hydrogen-bond donors (Lipinski definition) is 3. The summed E-state index contributed by atoms with van der Waals surface area (Å²) in [4.78, 5) is 11.5. The first-order chi connectivity index (χ1) is 12.5. The van der Waals surface area contributed by atoms with Crippen molar-refractivity contribution in [1.29, 1.82) is 0 Å². The van der Waals surface area contributed by atoms with E-state index in [0.717, 1.165) is 23.5 Å². The van der Waals surface area contributed by atoms with Crippen molar-refractivity contribution < 1.29 is 21.6 Å². The molecule has 2 aromatic rings. The third-order valence-electron chi connectivity index (χ3n) is 4.13. The second-order valence-electron chi connectivity index (χ2n) is 5.87. The molecule has 0 radical (unpaired) electrons. The third kappa shape index (κ3) is 4.56. The summed E-state index contributed by atoms with van der Waals surface area (Å²) in [6, 6.07) is 5.48. The van der Waals surface area contributed by atoms with Gasteiger partial charge in [0.2, 0.25) is 26.0 Å². The Morgan fingerprint density at radius 3 is 1.96 bits per heavy atom. The Labute approximate surface area is 158 Å². The first-order valence-corrected chi connectivity index (χ1v) is 10.9. The second-order valence-corrected chi connectivity index (χ2v) is 9.58. The number of aromatic nitrogens is 1. The molecule has 0 spiro atoms. The van der Waals surface area contributed by atoms with Crippen LogP contribution in [0.5, 0.6) is 0 Å². The second kappa shape index (κ2) is 7.80. The number of carbonyl (C=O) groups is 1. The molecular weight excluding hydrogens is 392 g/mol. The fourth-order valence-electron chi connectivity index (χ4n) is 2.42. The molecule has 0 unspecified atom stereocenters. The van der Waals surface area contributed by atoms with E-state index >= 15 is 0 Å². The number of hydrogen-bond acceptors (Lipinski definition) is 5. The lowest BCUT2D eigenvalue weighted by Crippen LogP contribution is -2.24. The lowest BCUT2D eigenvalue weighted by atomic mass is 10.1. The molecule has 0 atom stereocenters. The van der Waals surface area contributed by atoms with Gasteiger partial charge in [0.25, 0.3) is 0 Å². The number of amides is 1. The summed E-state index contributed by atoms with van der Waals surface area (Å²) >= 11 is 0. The first kappa shape index (κ1) is 21.1. The highest BCUT2D eigenvalue weighted by Crippen LogP contribution is 2.22. The highest BCUT2D eigenvalue weighted by atomic mass is 32.2. The number of aryl methyl sites for hydroxylation is 1. The van der Waals surface area contributed by atoms with Crippen LogP contribution in [0.3, 0.4) is 0 Å². The van der Waals surface area contributed by atoms with Crippen molar-refractivity contribution in [1.82, 2.24) is 14.0 Å². The fraction of sp³-hybridized carbons (Fsp3) is 0.312. The van der Waals surface area contributed by atoms with Crippen molar-refractivity contribution in [3.8, 4) is 0 Å². The van der Waals surface area contributed by atoms with E-state index in [4.69, 9.17) is 0 Å². The Balaban J connectivity index is 2.35. The molecule has 2 rings (SSSR count). The van der Waals surface area contributed by atoms with E-state index in [1.165, 1.54) is 18.7 Å². The molecule has 11 heteroatoms. The molecular formula is C16H22N4O5S2. The molecule has 0 aliphatic heterocycles. The summed E-state index contributed by atoms with van der Waals surface area (Å²) in [6.45, 7) is 3.54. The predicted octanol–water partition coefficient (Wildman–Crippen LogP) is 0.560. The minimum absolute atomic E-state index is 0.251. The molecule has 27 heavy (non-hydrogen) atoms. The van der Waals surface area contributed by atoms with Crippen LogP contribution in [0.4, 0.5) is 5.69 Å². The van der Waals surface area contributed by atoms with E-state index < -0.39 is 35.7 Å². The zero-order valence-corrected chi connectivity index (χ0v) is 17.0. The van der Waals surface area contributed by atoms with Crippen LogP contribution in [-0.4, -0.2) is 41.4 Å². The average Bonchev–Trinajstić information content (AvgIpc) is 3.04. The molecule has 9 nitrogen and oxygen atoms in total. The van der Waals surface area contributed by atoms with Crippen LogP contribution in [0.25, 0.3) is 0 Å². The Kier molecular flexibility index (Phi) is 6.10. The molecule has 0 saturated heterocycles. The number of carbonyl (C=O) groups excluding carboxylic acids is 1. The monoisotopic (exact) mass is 414 g/mol. The maximum absolute atomic E-state index is 12.3. The van der Waals surface area contributed by atoms with E-state index in [2.05, 4.69) is 14.8 Å². The van der Waals surface area contributed by atoms with Crippen molar-refractivity contribution in [2.75, 3.05) is 19.4 Å². The normalized spacial score (nSPS) is 12.1. The molecule has 148 valence electrons. The average molecular weight is 415 g/mol. The topological polar surface area (TPSA) is 126 Å². The van der Waals surface area contributed by atoms with E-state index in [-0.39, 0.29) is 6.54 Å². The van der Waals surface area contributed by atoms with Gasteiger partial charge in [-0.3, -0.25) is 4.79 Å². The van der Waals surface area contributed by atoms with Crippen molar-refractivity contribution >= 4 is 31.6 Å². The summed E-state index contributed by atoms with van der Waals surface area (Å²) in [5, 5.41) is 2.74. The van der Waals surface area contributed by atoms with Crippen LogP contribution in [0, 0.1) is 13.8 Å². The van der Waals surface area contributed by atoms with E-state index in [9.17, 15) is 21.6 Å². The smallest absolute Gasteiger partial charge is 0.244 e. The van der Waals surface area contributed by atoms with Gasteiger partial charge in [0.1, 0.15) is 16.3 Å². The molecule has 1 aromatic carbocycles. The van der Waals surface area contributed by atoms with Crippen LogP contribution in [0.2, 0.25) is 0 Å². The summed E-state index contributed by atoms with van der Waals surface area (Å²) < 4.78 is 53.9. The van der Waals surface area contributed by atoms with Crippen molar-refractivity contribution in [3.05, 3.63) is 41.7 Å². The number of nitrogens with zero attached hydrogens (tertiary/aromatic N) is 1. The van der Waals surface area contributed by atoms with Crippen molar-refractivity contribution in [2.45, 2.75) is 30.2 Å². The highest BCUT2D eigenvalue weighted by Gasteiger charge is 2.27. The molecule has 1 heterocycles. The van der Waals surface area contributed by atoms with Gasteiger partial charge in [0.05, 0.1) is 0 Å². The van der Waals surface area contributed by atoms with Gasteiger partial charge in [0, 0.05) is 18.1 Å². The van der Waals surface area contributed by atoms with Crippen molar-refractivity contribution in [2.24, 2.45) is 0 Å². The molecule has 0 aliphatic rings. The maximum Gasteiger partial charge on any atom is 0.244 e. The van der Waals surface area contributed by atoms with Gasteiger partial charge in [0.15, 0.2) is 0 Å². The zero-order valence-electron chi connectivity index (χ0n) is 15.4. The quantitative estimate of drug-likeness (QED) is 0.610. The molecule has 1 amide bonds. The standard InChI is InChI=1S/C16H22N4O5S2/c1-11-6-5-7-13(12(11)2)19-16(21)10-20-8-14(26(22,23)17-3)15(9-20)27(24,25)18-4/h5-9,17-18H,10H2,1-4H3,(H,19,21). The minimum atomic E-state index is -4.03. The molecule has 0 saturated carbocycles. The summed E-state index contributed by atoms with van der Waals surface area (Å²) in [6.07, 6.45) is 2.22. The zero-order chi connectivity index (χ0) is 20.4. The lowest BCUT2D eigenvalue weighted by molar-refractivity contribution is -0.116. The van der Waals surface area contributed by atoms with Gasteiger partial charge in [-0.15, -0.1) is 0 Å². The van der Waals surface area contributed by atoms with Crippen LogP contribution in [0.1, 0.15) is 11.1 Å². The number of nitrogens with one attached hydrogen (secondary N) is 3. The largest absolute Gasteiger partial charge is 0.342 e. The van der Waals surface area contributed by atoms with E-state index in [0.29, 0.717) is 5.69 Å². The number of anilines is 1. The Morgan fingerprint density at radius 2 is 1.48 bits per heavy atom. The Bertz CT molecular complexity index is 1020. The van der Waals surface area contributed by atoms with Crippen molar-refractivity contribution in [3.63, 3.8) is 0 Å². The van der Waals surface area contributed by atoms with Gasteiger partial charge in [-0.2, -0.15) is 0 Å². The van der Waals surface area contributed by atoms with E-state index in [1.807, 2.05) is 26.0 Å². The van der Waals surface area contributed by atoms with Gasteiger partial charge in [-0.1, -0.05) is 12.1 Å². The van der Waals surface area contributed by atoms with Gasteiger partial charge in [-0.25, -0.2) is 26.3 Å². The molecule has 0 bridgehead atoms. The summed E-state index contributed by atoms with van der Waals surface area (Å²) in [5.41, 5.74) is 2.56. The van der Waals surface area contributed by atoms with Gasteiger partial charge >= 0.3 is 0 Å². The highest BCUT2D eigenvalue weighted by molar-refractivity contribution is 7.92. The number of benzene rings is 1. The van der Waals surface area contributed by atoms with Gasteiger partial charge in [-0.05, 0) is 45.1 Å². The summed E-state index contributed by atoms with van der Waals surface area (Å²) in [5.74, 6) is -0.416. The number of rotatable bonds is 7. The van der Waals surface area contributed by atoms with Crippen LogP contribution >= 0.6 is 0 Å². The molecule has 3 N–H and O–H groups in total. The maximum atomic E-state index is 12.3. The molecule has 1 aromatic heterocycles. The van der Waals surface area contributed by atoms with Crippen LogP contribution < -0.4 is 14.8 Å². The molecule has 0 aliphatic carbocycles. The fourth-order valence-corrected chi connectivity index (χ4v) is 4.70. The lowest BCUT2D eigenvalue weighted by Gasteiger charge is -2.10. The van der Waals surface area contributed by atoms with Gasteiger partial charge < -0.3 is 9.88 Å². The van der Waals surface area contributed by atoms with Crippen LogP contribution in [0.15, 0.2) is 40.4 Å². The number of sulfonamides is 2. The predicted molar refractivity (Wildman–Crippen MR) is 101 cm³/mol. The minimum Gasteiger partial charge on any atom is -0.342 e. The SMILES string of the molecule is CNS(=O)(=O)c1cn(CC(=O)Nc2cccc(C)c2C)cc1S(=O)(=O)NC. The molecule has 0 fully saturated rings. The summed E-state index contributed by atoms with van der Waals surface area (Å²) in [7, 11) is -5.71. The third-order valence-corrected chi connectivity index (χ3v) is 7.14. The van der Waals surface area contributed by atoms with Crippen LogP contribution in [-0.2, 0) is 31.4 Å².